The number of nitrogens with zero attached hydrogens (tertiary/aromatic N) is 4. The van der Waals surface area contributed by atoms with Crippen LogP contribution < -0.4 is 10.9 Å². The molecule has 0 aliphatic rings. The van der Waals surface area contributed by atoms with Gasteiger partial charge in [-0.25, -0.2) is 4.39 Å². The molecule has 0 saturated carbocycles. The number of nitrogens with one attached hydrogen (secondary N) is 1. The number of rotatable bonds is 5. The number of halogens is 4. The van der Waals surface area contributed by atoms with E-state index in [1.54, 1.807) is 0 Å². The molecule has 0 atom stereocenters. The summed E-state index contributed by atoms with van der Waals surface area (Å²) in [4.78, 5) is 32.5. The average Bonchev–Trinajstić information content (AvgIpc) is 2.71. The number of carbonyl (C=O) groups excluding carboxylic acids is 1. The lowest BCUT2D eigenvalue weighted by atomic mass is 10.1. The van der Waals surface area contributed by atoms with Crippen molar-refractivity contribution in [1.82, 2.24) is 25.1 Å². The monoisotopic (exact) mass is 451 g/mol. The van der Waals surface area contributed by atoms with E-state index in [9.17, 15) is 32.3 Å². The van der Waals surface area contributed by atoms with Gasteiger partial charge in [-0.1, -0.05) is 0 Å². The van der Waals surface area contributed by atoms with Crippen LogP contribution >= 0.6 is 0 Å². The van der Waals surface area contributed by atoms with Crippen LogP contribution in [-0.2, 0) is 6.18 Å². The Morgan fingerprint density at radius 2 is 1.88 bits per heavy atom. The normalized spacial score (nSPS) is 12.0. The molecule has 0 fully saturated rings. The van der Waals surface area contributed by atoms with E-state index >= 15 is 0 Å². The first kappa shape index (κ1) is 23.0. The molecule has 0 radical (unpaired) electrons. The standard InChI is InChI=1S/C20H17F4N5O3/c1-19(2,32)10-27-17(30)14-6-15(11-3-4-16(26-7-11)20(22,23)24)28-29(18(14)31)13-5-12(21)8-25-9-13/h3-9,32H,10H2,1-2H3,(H,27,30). The van der Waals surface area contributed by atoms with E-state index < -0.39 is 40.3 Å². The van der Waals surface area contributed by atoms with Crippen LogP contribution in [0.5, 0.6) is 0 Å². The minimum absolute atomic E-state index is 0.0662. The fourth-order valence-corrected chi connectivity index (χ4v) is 2.59. The third-order valence-electron chi connectivity index (χ3n) is 4.12. The van der Waals surface area contributed by atoms with E-state index in [2.05, 4.69) is 20.4 Å². The molecule has 3 heterocycles. The largest absolute Gasteiger partial charge is 0.433 e. The number of hydrogen-bond acceptors (Lipinski definition) is 6. The van der Waals surface area contributed by atoms with E-state index in [1.165, 1.54) is 13.8 Å². The van der Waals surface area contributed by atoms with Crippen LogP contribution in [0.3, 0.4) is 0 Å². The molecule has 12 heteroatoms. The Balaban J connectivity index is 2.14. The van der Waals surface area contributed by atoms with Crippen molar-refractivity contribution in [2.45, 2.75) is 25.6 Å². The maximum atomic E-state index is 13.6. The molecule has 2 N–H and O–H groups in total. The third kappa shape index (κ3) is 5.32. The fourth-order valence-electron chi connectivity index (χ4n) is 2.59. The predicted molar refractivity (Wildman–Crippen MR) is 104 cm³/mol. The highest BCUT2D eigenvalue weighted by Gasteiger charge is 2.32. The van der Waals surface area contributed by atoms with E-state index in [4.69, 9.17) is 0 Å². The first-order valence-corrected chi connectivity index (χ1v) is 9.15. The van der Waals surface area contributed by atoms with E-state index in [0.717, 1.165) is 42.9 Å². The quantitative estimate of drug-likeness (QED) is 0.577. The molecule has 3 aromatic heterocycles. The van der Waals surface area contributed by atoms with Crippen molar-refractivity contribution in [3.05, 3.63) is 70.3 Å². The molecule has 1 amide bonds. The SMILES string of the molecule is CC(C)(O)CNC(=O)c1cc(-c2ccc(C(F)(F)F)nc2)nn(-c2cncc(F)c2)c1=O. The van der Waals surface area contributed by atoms with Gasteiger partial charge in [-0.15, -0.1) is 0 Å². The summed E-state index contributed by atoms with van der Waals surface area (Å²) in [7, 11) is 0. The highest BCUT2D eigenvalue weighted by atomic mass is 19.4. The number of aromatic nitrogens is 4. The zero-order chi connectivity index (χ0) is 23.7. The molecule has 32 heavy (non-hydrogen) atoms. The lowest BCUT2D eigenvalue weighted by molar-refractivity contribution is -0.141. The molecular weight excluding hydrogens is 434 g/mol. The summed E-state index contributed by atoms with van der Waals surface area (Å²) < 4.78 is 52.8. The van der Waals surface area contributed by atoms with Gasteiger partial charge in [0.15, 0.2) is 0 Å². The summed E-state index contributed by atoms with van der Waals surface area (Å²) in [6, 6.07) is 3.84. The number of aliphatic hydroxyl groups is 1. The minimum atomic E-state index is -4.65. The zero-order valence-electron chi connectivity index (χ0n) is 16.8. The Bertz CT molecular complexity index is 1200. The minimum Gasteiger partial charge on any atom is -0.389 e. The Morgan fingerprint density at radius 3 is 2.44 bits per heavy atom. The van der Waals surface area contributed by atoms with Gasteiger partial charge in [0, 0.05) is 24.4 Å². The van der Waals surface area contributed by atoms with Crippen molar-refractivity contribution < 1.29 is 27.5 Å². The van der Waals surface area contributed by atoms with Crippen LogP contribution in [0.25, 0.3) is 16.9 Å². The Morgan fingerprint density at radius 1 is 1.16 bits per heavy atom. The van der Waals surface area contributed by atoms with Gasteiger partial charge < -0.3 is 10.4 Å². The topological polar surface area (TPSA) is 110 Å². The van der Waals surface area contributed by atoms with Crippen LogP contribution in [0.15, 0.2) is 47.7 Å². The molecule has 0 spiro atoms. The first-order chi connectivity index (χ1) is 14.8. The average molecular weight is 451 g/mol. The molecule has 0 unspecified atom stereocenters. The van der Waals surface area contributed by atoms with Gasteiger partial charge in [-0.05, 0) is 32.0 Å². The molecule has 8 nitrogen and oxygen atoms in total. The smallest absolute Gasteiger partial charge is 0.389 e. The van der Waals surface area contributed by atoms with Crippen LogP contribution in [0.2, 0.25) is 0 Å². The Hall–Kier alpha value is -3.67. The molecule has 0 aliphatic carbocycles. The number of pyridine rings is 2. The number of carbonyl (C=O) groups is 1. The van der Waals surface area contributed by atoms with Crippen LogP contribution in [-0.4, -0.2) is 42.9 Å². The van der Waals surface area contributed by atoms with Gasteiger partial charge in [-0.2, -0.15) is 23.0 Å². The highest BCUT2D eigenvalue weighted by Crippen LogP contribution is 2.28. The molecule has 168 valence electrons. The fraction of sp³-hybridized carbons (Fsp3) is 0.250. The zero-order valence-corrected chi connectivity index (χ0v) is 16.8. The number of hydrogen-bond donors (Lipinski definition) is 2. The van der Waals surface area contributed by atoms with Gasteiger partial charge in [-0.3, -0.25) is 19.6 Å². The molecule has 3 aromatic rings. The predicted octanol–water partition coefficient (Wildman–Crippen LogP) is 2.35. The summed E-state index contributed by atoms with van der Waals surface area (Å²) in [6.07, 6.45) is -1.73. The Labute approximate surface area is 178 Å². The maximum absolute atomic E-state index is 13.6. The lowest BCUT2D eigenvalue weighted by Gasteiger charge is -2.18. The molecular formula is C20H17F4N5O3. The second-order valence-electron chi connectivity index (χ2n) is 7.45. The molecule has 0 saturated heterocycles. The second-order valence-corrected chi connectivity index (χ2v) is 7.45. The summed E-state index contributed by atoms with van der Waals surface area (Å²) in [5, 5.41) is 16.2. The summed E-state index contributed by atoms with van der Waals surface area (Å²) in [5.74, 6) is -1.63. The van der Waals surface area contributed by atoms with Gasteiger partial charge in [0.1, 0.15) is 17.1 Å². The van der Waals surface area contributed by atoms with Crippen LogP contribution in [0, 0.1) is 5.82 Å². The highest BCUT2D eigenvalue weighted by molar-refractivity contribution is 5.94. The summed E-state index contributed by atoms with van der Waals surface area (Å²) >= 11 is 0. The molecule has 0 aromatic carbocycles. The van der Waals surface area contributed by atoms with Crippen molar-refractivity contribution in [3.63, 3.8) is 0 Å². The lowest BCUT2D eigenvalue weighted by Crippen LogP contribution is -2.41. The number of alkyl halides is 3. The molecule has 3 rings (SSSR count). The van der Waals surface area contributed by atoms with Crippen molar-refractivity contribution in [1.29, 1.82) is 0 Å². The van der Waals surface area contributed by atoms with Crippen molar-refractivity contribution in [2.75, 3.05) is 6.54 Å². The number of amides is 1. The third-order valence-corrected chi connectivity index (χ3v) is 4.12. The van der Waals surface area contributed by atoms with E-state index in [0.29, 0.717) is 4.68 Å². The summed E-state index contributed by atoms with van der Waals surface area (Å²) in [5.41, 5.74) is -3.84. The van der Waals surface area contributed by atoms with Gasteiger partial charge in [0.25, 0.3) is 11.5 Å². The van der Waals surface area contributed by atoms with E-state index in [1.807, 2.05) is 0 Å². The molecule has 0 bridgehead atoms. The van der Waals surface area contributed by atoms with Gasteiger partial charge >= 0.3 is 6.18 Å². The molecule has 0 aliphatic heterocycles. The first-order valence-electron chi connectivity index (χ1n) is 9.15. The van der Waals surface area contributed by atoms with Crippen molar-refractivity contribution in [3.8, 4) is 16.9 Å². The van der Waals surface area contributed by atoms with Gasteiger partial charge in [0.2, 0.25) is 0 Å². The summed E-state index contributed by atoms with van der Waals surface area (Å²) in [6.45, 7) is 2.69. The van der Waals surface area contributed by atoms with Crippen molar-refractivity contribution in [2.24, 2.45) is 0 Å². The van der Waals surface area contributed by atoms with E-state index in [-0.39, 0.29) is 23.5 Å². The van der Waals surface area contributed by atoms with Gasteiger partial charge in [0.05, 0.1) is 29.4 Å². The maximum Gasteiger partial charge on any atom is 0.433 e. The van der Waals surface area contributed by atoms with Crippen molar-refractivity contribution >= 4 is 5.91 Å². The van der Waals surface area contributed by atoms with Crippen LogP contribution in [0.4, 0.5) is 17.6 Å². The second kappa shape index (κ2) is 8.46. The Kier molecular flexibility index (Phi) is 6.08. The van der Waals surface area contributed by atoms with Crippen LogP contribution in [0.1, 0.15) is 29.9 Å².